The zero-order chi connectivity index (χ0) is 11.6. The molecule has 0 saturated carbocycles. The van der Waals surface area contributed by atoms with Gasteiger partial charge in [0.1, 0.15) is 5.54 Å². The van der Waals surface area contributed by atoms with Crippen molar-refractivity contribution < 1.29 is 0 Å². The van der Waals surface area contributed by atoms with E-state index in [0.29, 0.717) is 0 Å². The fourth-order valence-corrected chi connectivity index (χ4v) is 2.67. The summed E-state index contributed by atoms with van der Waals surface area (Å²) in [4.78, 5) is 2.27. The van der Waals surface area contributed by atoms with Gasteiger partial charge in [0.05, 0.1) is 6.07 Å². The van der Waals surface area contributed by atoms with E-state index in [0.717, 1.165) is 23.1 Å². The summed E-state index contributed by atoms with van der Waals surface area (Å²) in [5.74, 6) is 0. The zero-order valence-electron chi connectivity index (χ0n) is 9.41. The summed E-state index contributed by atoms with van der Waals surface area (Å²) in [7, 11) is 0. The fraction of sp³-hybridized carbons (Fsp3) is 0.462. The average molecular weight is 279 g/mol. The van der Waals surface area contributed by atoms with Crippen LogP contribution in [-0.2, 0) is 5.54 Å². The second-order valence-corrected chi connectivity index (χ2v) is 5.30. The quantitative estimate of drug-likeness (QED) is 0.830. The lowest BCUT2D eigenvalue weighted by Gasteiger charge is -2.32. The van der Waals surface area contributed by atoms with Gasteiger partial charge in [-0.15, -0.1) is 0 Å². The molecule has 1 aliphatic rings. The molecule has 1 aromatic rings. The van der Waals surface area contributed by atoms with Crippen LogP contribution in [0.1, 0.15) is 25.3 Å². The van der Waals surface area contributed by atoms with Gasteiger partial charge in [0.2, 0.25) is 0 Å². The third kappa shape index (κ3) is 2.00. The Labute approximate surface area is 105 Å². The molecule has 1 aliphatic heterocycles. The van der Waals surface area contributed by atoms with Crippen molar-refractivity contribution in [3.05, 3.63) is 34.3 Å². The van der Waals surface area contributed by atoms with Crippen molar-refractivity contribution in [2.45, 2.75) is 25.3 Å². The minimum atomic E-state index is -0.486. The molecule has 0 radical (unpaired) electrons. The maximum atomic E-state index is 9.48. The van der Waals surface area contributed by atoms with Crippen LogP contribution in [0, 0.1) is 11.3 Å². The monoisotopic (exact) mass is 278 g/mol. The molecule has 0 aliphatic carbocycles. The lowest BCUT2D eigenvalue weighted by atomic mass is 9.92. The molecule has 84 valence electrons. The molecule has 1 fully saturated rings. The average Bonchev–Trinajstić information content (AvgIpc) is 2.82. The third-order valence-corrected chi connectivity index (χ3v) is 3.84. The van der Waals surface area contributed by atoms with E-state index in [1.165, 1.54) is 12.8 Å². The molecule has 0 aromatic heterocycles. The summed E-state index contributed by atoms with van der Waals surface area (Å²) in [6, 6.07) is 10.5. The Morgan fingerprint density at radius 3 is 2.62 bits per heavy atom. The molecule has 0 N–H and O–H groups in total. The second kappa shape index (κ2) is 4.57. The highest BCUT2D eigenvalue weighted by Gasteiger charge is 2.35. The maximum absolute atomic E-state index is 9.48. The highest BCUT2D eigenvalue weighted by molar-refractivity contribution is 9.10. The van der Waals surface area contributed by atoms with E-state index in [9.17, 15) is 5.26 Å². The first-order chi connectivity index (χ1) is 7.66. The number of nitrogens with zero attached hydrogens (tertiary/aromatic N) is 2. The topological polar surface area (TPSA) is 27.0 Å². The molecule has 1 atom stereocenters. The van der Waals surface area contributed by atoms with Crippen LogP contribution in [0.3, 0.4) is 0 Å². The first-order valence-corrected chi connectivity index (χ1v) is 6.38. The molecule has 1 aromatic carbocycles. The number of halogens is 1. The minimum Gasteiger partial charge on any atom is -0.282 e. The number of nitriles is 1. The van der Waals surface area contributed by atoms with Gasteiger partial charge >= 0.3 is 0 Å². The van der Waals surface area contributed by atoms with Crippen LogP contribution < -0.4 is 0 Å². The van der Waals surface area contributed by atoms with Crippen molar-refractivity contribution >= 4 is 15.9 Å². The van der Waals surface area contributed by atoms with Crippen LogP contribution in [0.25, 0.3) is 0 Å². The SMILES string of the molecule is CC(C#N)(c1cccc(Br)c1)N1CCCC1. The van der Waals surface area contributed by atoms with Crippen molar-refractivity contribution in [2.24, 2.45) is 0 Å². The minimum absolute atomic E-state index is 0.486. The van der Waals surface area contributed by atoms with Crippen LogP contribution >= 0.6 is 15.9 Å². The molecule has 1 saturated heterocycles. The number of hydrogen-bond donors (Lipinski definition) is 0. The van der Waals surface area contributed by atoms with Crippen molar-refractivity contribution in [2.75, 3.05) is 13.1 Å². The lowest BCUT2D eigenvalue weighted by molar-refractivity contribution is 0.193. The highest BCUT2D eigenvalue weighted by Crippen LogP contribution is 2.32. The Hall–Kier alpha value is -0.850. The number of hydrogen-bond acceptors (Lipinski definition) is 2. The Morgan fingerprint density at radius 2 is 2.06 bits per heavy atom. The van der Waals surface area contributed by atoms with Crippen molar-refractivity contribution in [1.82, 2.24) is 4.90 Å². The molecule has 2 nitrogen and oxygen atoms in total. The number of rotatable bonds is 2. The Bertz CT molecular complexity index is 418. The Morgan fingerprint density at radius 1 is 1.38 bits per heavy atom. The molecule has 3 heteroatoms. The Kier molecular flexibility index (Phi) is 3.32. The van der Waals surface area contributed by atoms with E-state index in [1.807, 2.05) is 31.2 Å². The standard InChI is InChI=1S/C13H15BrN2/c1-13(10-15,16-7-2-3-8-16)11-5-4-6-12(14)9-11/h4-6,9H,2-3,7-8H2,1H3. The van der Waals surface area contributed by atoms with Gasteiger partial charge < -0.3 is 0 Å². The largest absolute Gasteiger partial charge is 0.282 e. The molecule has 0 spiro atoms. The van der Waals surface area contributed by atoms with Crippen LogP contribution in [-0.4, -0.2) is 18.0 Å². The van der Waals surface area contributed by atoms with Gasteiger partial charge in [-0.3, -0.25) is 4.90 Å². The Balaban J connectivity index is 2.37. The first-order valence-electron chi connectivity index (χ1n) is 5.59. The van der Waals surface area contributed by atoms with Gasteiger partial charge in [0.25, 0.3) is 0 Å². The van der Waals surface area contributed by atoms with E-state index < -0.39 is 5.54 Å². The maximum Gasteiger partial charge on any atom is 0.131 e. The summed E-state index contributed by atoms with van der Waals surface area (Å²) >= 11 is 3.46. The molecule has 1 unspecified atom stereocenters. The van der Waals surface area contributed by atoms with E-state index in [1.54, 1.807) is 0 Å². The predicted octanol–water partition coefficient (Wildman–Crippen LogP) is 3.28. The molecule has 0 amide bonds. The number of likely N-dealkylation sites (tertiary alicyclic amines) is 1. The molecular weight excluding hydrogens is 264 g/mol. The van der Waals surface area contributed by atoms with Crippen LogP contribution in [0.2, 0.25) is 0 Å². The smallest absolute Gasteiger partial charge is 0.131 e. The summed E-state index contributed by atoms with van der Waals surface area (Å²) in [6.45, 7) is 4.06. The molecular formula is C13H15BrN2. The molecule has 2 rings (SSSR count). The van der Waals surface area contributed by atoms with E-state index in [4.69, 9.17) is 0 Å². The van der Waals surface area contributed by atoms with Crippen molar-refractivity contribution in [3.8, 4) is 6.07 Å². The highest BCUT2D eigenvalue weighted by atomic mass is 79.9. The van der Waals surface area contributed by atoms with E-state index in [2.05, 4.69) is 26.9 Å². The van der Waals surface area contributed by atoms with Gasteiger partial charge in [0.15, 0.2) is 0 Å². The van der Waals surface area contributed by atoms with Gasteiger partial charge in [-0.25, -0.2) is 0 Å². The van der Waals surface area contributed by atoms with Crippen molar-refractivity contribution in [3.63, 3.8) is 0 Å². The normalized spacial score (nSPS) is 20.3. The predicted molar refractivity (Wildman–Crippen MR) is 67.9 cm³/mol. The van der Waals surface area contributed by atoms with E-state index in [-0.39, 0.29) is 0 Å². The summed E-state index contributed by atoms with van der Waals surface area (Å²) in [5.41, 5.74) is 0.589. The summed E-state index contributed by atoms with van der Waals surface area (Å²) in [5, 5.41) is 9.48. The molecule has 0 bridgehead atoms. The van der Waals surface area contributed by atoms with Gasteiger partial charge in [-0.1, -0.05) is 28.1 Å². The first kappa shape index (κ1) is 11.6. The van der Waals surface area contributed by atoms with Crippen molar-refractivity contribution in [1.29, 1.82) is 5.26 Å². The number of benzene rings is 1. The fourth-order valence-electron chi connectivity index (χ4n) is 2.27. The van der Waals surface area contributed by atoms with E-state index >= 15 is 0 Å². The zero-order valence-corrected chi connectivity index (χ0v) is 11.0. The molecule has 16 heavy (non-hydrogen) atoms. The summed E-state index contributed by atoms with van der Waals surface area (Å²) in [6.07, 6.45) is 2.40. The van der Waals surface area contributed by atoms with Gasteiger partial charge in [-0.2, -0.15) is 5.26 Å². The van der Waals surface area contributed by atoms with Crippen LogP contribution in [0.4, 0.5) is 0 Å². The van der Waals surface area contributed by atoms with Crippen LogP contribution in [0.15, 0.2) is 28.7 Å². The molecule has 1 heterocycles. The van der Waals surface area contributed by atoms with Gasteiger partial charge in [0, 0.05) is 4.47 Å². The second-order valence-electron chi connectivity index (χ2n) is 4.39. The van der Waals surface area contributed by atoms with Crippen LogP contribution in [0.5, 0.6) is 0 Å². The third-order valence-electron chi connectivity index (χ3n) is 3.34. The lowest BCUT2D eigenvalue weighted by Crippen LogP contribution is -2.40. The summed E-state index contributed by atoms with van der Waals surface area (Å²) < 4.78 is 1.03. The van der Waals surface area contributed by atoms with Gasteiger partial charge in [-0.05, 0) is 50.6 Å².